The second kappa shape index (κ2) is 8.49. The van der Waals surface area contributed by atoms with Crippen molar-refractivity contribution < 1.29 is 4.79 Å². The molecule has 1 unspecified atom stereocenters. The van der Waals surface area contributed by atoms with E-state index in [1.165, 1.54) is 0 Å². The SMILES string of the molecule is Cc1nn(C)c(C)c1CC(=O)NC1CCCNC1.Cl.Cl. The predicted octanol–water partition coefficient (Wildman–Crippen LogP) is 1.29. The van der Waals surface area contributed by atoms with Crippen LogP contribution >= 0.6 is 24.8 Å². The molecule has 7 heteroatoms. The van der Waals surface area contributed by atoms with Crippen molar-refractivity contribution >= 4 is 30.7 Å². The Morgan fingerprint density at radius 3 is 2.65 bits per heavy atom. The first-order valence-electron chi connectivity index (χ1n) is 6.57. The van der Waals surface area contributed by atoms with Crippen LogP contribution in [0, 0.1) is 13.8 Å². The quantitative estimate of drug-likeness (QED) is 0.881. The van der Waals surface area contributed by atoms with Crippen LogP contribution in [0.3, 0.4) is 0 Å². The third-order valence-corrected chi connectivity index (χ3v) is 3.66. The van der Waals surface area contributed by atoms with Crippen molar-refractivity contribution in [2.24, 2.45) is 7.05 Å². The summed E-state index contributed by atoms with van der Waals surface area (Å²) in [6.45, 7) is 5.91. The number of carbonyl (C=O) groups excluding carboxylic acids is 1. The number of carbonyl (C=O) groups is 1. The lowest BCUT2D eigenvalue weighted by molar-refractivity contribution is -0.121. The van der Waals surface area contributed by atoms with Gasteiger partial charge in [0.1, 0.15) is 0 Å². The van der Waals surface area contributed by atoms with E-state index in [-0.39, 0.29) is 36.8 Å². The number of aryl methyl sites for hydroxylation is 2. The number of halogens is 2. The van der Waals surface area contributed by atoms with E-state index in [2.05, 4.69) is 15.7 Å². The lowest BCUT2D eigenvalue weighted by Gasteiger charge is -2.23. The van der Waals surface area contributed by atoms with Gasteiger partial charge in [-0.1, -0.05) is 0 Å². The van der Waals surface area contributed by atoms with E-state index in [1.54, 1.807) is 0 Å². The van der Waals surface area contributed by atoms with Crippen LogP contribution in [0.4, 0.5) is 0 Å². The van der Waals surface area contributed by atoms with E-state index in [0.717, 1.165) is 42.9 Å². The molecule has 2 rings (SSSR count). The minimum absolute atomic E-state index is 0. The molecule has 1 aromatic rings. The van der Waals surface area contributed by atoms with Gasteiger partial charge in [0.2, 0.25) is 5.91 Å². The van der Waals surface area contributed by atoms with Gasteiger partial charge in [0.05, 0.1) is 12.1 Å². The molecule has 5 nitrogen and oxygen atoms in total. The van der Waals surface area contributed by atoms with Crippen LogP contribution in [0.1, 0.15) is 29.8 Å². The second-order valence-corrected chi connectivity index (χ2v) is 5.06. The first-order chi connectivity index (χ1) is 8.58. The van der Waals surface area contributed by atoms with Crippen LogP contribution in [-0.2, 0) is 18.3 Å². The molecule has 1 atom stereocenters. The Labute approximate surface area is 132 Å². The molecule has 1 aromatic heterocycles. The Balaban J connectivity index is 0.00000180. The fourth-order valence-electron chi connectivity index (χ4n) is 2.49. The number of piperidine rings is 1. The van der Waals surface area contributed by atoms with Gasteiger partial charge in [0, 0.05) is 30.9 Å². The molecule has 116 valence electrons. The van der Waals surface area contributed by atoms with Crippen LogP contribution in [0.15, 0.2) is 0 Å². The largest absolute Gasteiger partial charge is 0.352 e. The van der Waals surface area contributed by atoms with E-state index >= 15 is 0 Å². The van der Waals surface area contributed by atoms with Crippen molar-refractivity contribution in [1.82, 2.24) is 20.4 Å². The monoisotopic (exact) mass is 322 g/mol. The molecule has 1 aliphatic rings. The minimum Gasteiger partial charge on any atom is -0.352 e. The van der Waals surface area contributed by atoms with Crippen molar-refractivity contribution in [3.8, 4) is 0 Å². The summed E-state index contributed by atoms with van der Waals surface area (Å²) in [5.41, 5.74) is 3.08. The molecule has 0 saturated carbocycles. The molecule has 0 radical (unpaired) electrons. The molecule has 0 aliphatic carbocycles. The van der Waals surface area contributed by atoms with Gasteiger partial charge in [-0.05, 0) is 33.2 Å². The molecule has 1 amide bonds. The fourth-order valence-corrected chi connectivity index (χ4v) is 2.49. The summed E-state index contributed by atoms with van der Waals surface area (Å²) in [4.78, 5) is 12.0. The van der Waals surface area contributed by atoms with Gasteiger partial charge in [-0.3, -0.25) is 9.48 Å². The summed E-state index contributed by atoms with van der Waals surface area (Å²) < 4.78 is 1.83. The Morgan fingerprint density at radius 1 is 1.45 bits per heavy atom. The van der Waals surface area contributed by atoms with Crippen LogP contribution in [0.5, 0.6) is 0 Å². The summed E-state index contributed by atoms with van der Waals surface area (Å²) in [5, 5.41) is 10.7. The van der Waals surface area contributed by atoms with Crippen molar-refractivity contribution in [3.05, 3.63) is 17.0 Å². The van der Waals surface area contributed by atoms with Crippen molar-refractivity contribution in [1.29, 1.82) is 0 Å². The number of hydrogen-bond donors (Lipinski definition) is 2. The number of aromatic nitrogens is 2. The summed E-state index contributed by atoms with van der Waals surface area (Å²) >= 11 is 0. The summed E-state index contributed by atoms with van der Waals surface area (Å²) in [7, 11) is 1.91. The van der Waals surface area contributed by atoms with Crippen LogP contribution in [-0.4, -0.2) is 34.8 Å². The number of amides is 1. The highest BCUT2D eigenvalue weighted by molar-refractivity contribution is 5.85. The molecule has 1 fully saturated rings. The summed E-state index contributed by atoms with van der Waals surface area (Å²) in [6.07, 6.45) is 2.64. The molecule has 0 spiro atoms. The predicted molar refractivity (Wildman–Crippen MR) is 84.9 cm³/mol. The minimum atomic E-state index is 0. The van der Waals surface area contributed by atoms with Gasteiger partial charge in [0.15, 0.2) is 0 Å². The second-order valence-electron chi connectivity index (χ2n) is 5.06. The Morgan fingerprint density at radius 2 is 2.15 bits per heavy atom. The Hall–Kier alpha value is -0.780. The van der Waals surface area contributed by atoms with E-state index in [0.29, 0.717) is 6.42 Å². The molecular formula is C13H24Cl2N4O. The standard InChI is InChI=1S/C13H22N4O.2ClH/c1-9-12(10(2)17(3)16-9)7-13(18)15-11-5-4-6-14-8-11;;/h11,14H,4-8H2,1-3H3,(H,15,18);2*1H. The molecule has 2 N–H and O–H groups in total. The van der Waals surface area contributed by atoms with E-state index < -0.39 is 0 Å². The van der Waals surface area contributed by atoms with E-state index in [4.69, 9.17) is 0 Å². The number of nitrogens with zero attached hydrogens (tertiary/aromatic N) is 2. The molecule has 20 heavy (non-hydrogen) atoms. The smallest absolute Gasteiger partial charge is 0.224 e. The van der Waals surface area contributed by atoms with Crippen molar-refractivity contribution in [2.45, 2.75) is 39.2 Å². The van der Waals surface area contributed by atoms with E-state index in [1.807, 2.05) is 25.6 Å². The van der Waals surface area contributed by atoms with E-state index in [9.17, 15) is 4.79 Å². The number of nitrogens with one attached hydrogen (secondary N) is 2. The summed E-state index contributed by atoms with van der Waals surface area (Å²) in [5.74, 6) is 0.0999. The van der Waals surface area contributed by atoms with Gasteiger partial charge in [-0.15, -0.1) is 24.8 Å². The van der Waals surface area contributed by atoms with Gasteiger partial charge in [-0.25, -0.2) is 0 Å². The zero-order valence-electron chi connectivity index (χ0n) is 12.2. The number of hydrogen-bond acceptors (Lipinski definition) is 3. The molecular weight excluding hydrogens is 299 g/mol. The topological polar surface area (TPSA) is 59.0 Å². The average molecular weight is 323 g/mol. The Kier molecular flexibility index (Phi) is 8.16. The lowest BCUT2D eigenvalue weighted by atomic mass is 10.1. The zero-order valence-corrected chi connectivity index (χ0v) is 13.9. The maximum atomic E-state index is 12.0. The summed E-state index contributed by atoms with van der Waals surface area (Å²) in [6, 6.07) is 0.281. The normalized spacial score (nSPS) is 17.9. The molecule has 0 aromatic carbocycles. The third kappa shape index (κ3) is 4.65. The highest BCUT2D eigenvalue weighted by atomic mass is 35.5. The van der Waals surface area contributed by atoms with Gasteiger partial charge in [0.25, 0.3) is 0 Å². The third-order valence-electron chi connectivity index (χ3n) is 3.66. The van der Waals surface area contributed by atoms with Crippen LogP contribution < -0.4 is 10.6 Å². The Bertz CT molecular complexity index is 442. The first kappa shape index (κ1) is 19.2. The molecule has 2 heterocycles. The molecule has 0 bridgehead atoms. The average Bonchev–Trinajstić information content (AvgIpc) is 2.57. The zero-order chi connectivity index (χ0) is 13.1. The van der Waals surface area contributed by atoms with Gasteiger partial charge in [-0.2, -0.15) is 5.10 Å². The maximum absolute atomic E-state index is 12.0. The van der Waals surface area contributed by atoms with Crippen molar-refractivity contribution in [2.75, 3.05) is 13.1 Å². The van der Waals surface area contributed by atoms with Crippen LogP contribution in [0.25, 0.3) is 0 Å². The first-order valence-corrected chi connectivity index (χ1v) is 6.57. The van der Waals surface area contributed by atoms with Crippen LogP contribution in [0.2, 0.25) is 0 Å². The van der Waals surface area contributed by atoms with Gasteiger partial charge < -0.3 is 10.6 Å². The fraction of sp³-hybridized carbons (Fsp3) is 0.692. The molecule has 1 saturated heterocycles. The highest BCUT2D eigenvalue weighted by Gasteiger charge is 2.18. The molecule has 1 aliphatic heterocycles. The number of rotatable bonds is 3. The van der Waals surface area contributed by atoms with Gasteiger partial charge >= 0.3 is 0 Å². The lowest BCUT2D eigenvalue weighted by Crippen LogP contribution is -2.46. The van der Waals surface area contributed by atoms with Crippen molar-refractivity contribution in [3.63, 3.8) is 0 Å². The maximum Gasteiger partial charge on any atom is 0.224 e. The highest BCUT2D eigenvalue weighted by Crippen LogP contribution is 2.12.